The van der Waals surface area contributed by atoms with Gasteiger partial charge in [-0.3, -0.25) is 10.1 Å². The minimum absolute atomic E-state index is 0.0365. The third-order valence-corrected chi connectivity index (χ3v) is 3.12. The molecule has 4 heteroatoms. The van der Waals surface area contributed by atoms with Gasteiger partial charge in [0, 0.05) is 12.6 Å². The molecule has 0 bridgehead atoms. The largest absolute Gasteiger partial charge is 0.497 e. The number of ether oxygens (including phenoxy) is 1. The van der Waals surface area contributed by atoms with Crippen LogP contribution in [0.25, 0.3) is 0 Å². The van der Waals surface area contributed by atoms with E-state index in [1.165, 1.54) is 5.56 Å². The molecule has 0 fully saturated rings. The number of hydrogen-bond acceptors (Lipinski definition) is 3. The minimum atomic E-state index is -0.202. The van der Waals surface area contributed by atoms with Crippen molar-refractivity contribution >= 4 is 5.91 Å². The molecule has 0 spiro atoms. The monoisotopic (exact) mass is 264 g/mol. The first-order valence-electron chi connectivity index (χ1n) is 6.80. The lowest BCUT2D eigenvalue weighted by Gasteiger charge is -2.22. The van der Waals surface area contributed by atoms with Gasteiger partial charge in [-0.15, -0.1) is 0 Å². The molecule has 106 valence electrons. The molecule has 0 heterocycles. The highest BCUT2D eigenvalue weighted by Crippen LogP contribution is 2.20. The molecule has 1 aromatic carbocycles. The molecular weight excluding hydrogens is 240 g/mol. The van der Waals surface area contributed by atoms with Crippen molar-refractivity contribution in [3.05, 3.63) is 29.8 Å². The molecule has 2 unspecified atom stereocenters. The normalized spacial score (nSPS) is 13.7. The lowest BCUT2D eigenvalue weighted by atomic mass is 10.0. The summed E-state index contributed by atoms with van der Waals surface area (Å²) < 4.78 is 5.15. The van der Waals surface area contributed by atoms with E-state index < -0.39 is 0 Å². The Hall–Kier alpha value is -1.55. The molecule has 4 nitrogen and oxygen atoms in total. The van der Waals surface area contributed by atoms with Crippen LogP contribution >= 0.6 is 0 Å². The zero-order valence-electron chi connectivity index (χ0n) is 12.2. The third kappa shape index (κ3) is 4.56. The van der Waals surface area contributed by atoms with Crippen LogP contribution in [0.2, 0.25) is 0 Å². The number of rotatable bonds is 7. The SMILES string of the molecule is CCNC(=O)C(C)NC(CC)c1ccc(OC)cc1. The first-order chi connectivity index (χ1) is 9.12. The van der Waals surface area contributed by atoms with E-state index >= 15 is 0 Å². The summed E-state index contributed by atoms with van der Waals surface area (Å²) in [6.45, 7) is 6.57. The van der Waals surface area contributed by atoms with Crippen LogP contribution in [0.1, 0.15) is 38.8 Å². The highest BCUT2D eigenvalue weighted by molar-refractivity contribution is 5.81. The van der Waals surface area contributed by atoms with E-state index in [9.17, 15) is 4.79 Å². The predicted octanol–water partition coefficient (Wildman–Crippen LogP) is 2.26. The van der Waals surface area contributed by atoms with Crippen LogP contribution < -0.4 is 15.4 Å². The molecule has 0 aliphatic heterocycles. The summed E-state index contributed by atoms with van der Waals surface area (Å²) in [7, 11) is 1.65. The van der Waals surface area contributed by atoms with E-state index in [1.807, 2.05) is 38.1 Å². The molecule has 0 aromatic heterocycles. The summed E-state index contributed by atoms with van der Waals surface area (Å²) in [6.07, 6.45) is 0.927. The average Bonchev–Trinajstić information content (AvgIpc) is 2.45. The fraction of sp³-hybridized carbons (Fsp3) is 0.533. The Morgan fingerprint density at radius 1 is 1.26 bits per heavy atom. The van der Waals surface area contributed by atoms with Gasteiger partial charge in [0.15, 0.2) is 0 Å². The van der Waals surface area contributed by atoms with Gasteiger partial charge in [0.25, 0.3) is 0 Å². The van der Waals surface area contributed by atoms with Gasteiger partial charge in [-0.05, 0) is 38.0 Å². The van der Waals surface area contributed by atoms with E-state index in [0.717, 1.165) is 12.2 Å². The summed E-state index contributed by atoms with van der Waals surface area (Å²) in [6, 6.07) is 7.91. The quantitative estimate of drug-likeness (QED) is 0.794. The van der Waals surface area contributed by atoms with Crippen LogP contribution in [0.15, 0.2) is 24.3 Å². The molecule has 19 heavy (non-hydrogen) atoms. The van der Waals surface area contributed by atoms with E-state index in [0.29, 0.717) is 6.54 Å². The summed E-state index contributed by atoms with van der Waals surface area (Å²) in [5.41, 5.74) is 1.17. The van der Waals surface area contributed by atoms with Crippen molar-refractivity contribution in [2.75, 3.05) is 13.7 Å². The predicted molar refractivity (Wildman–Crippen MR) is 77.3 cm³/mol. The maximum absolute atomic E-state index is 11.7. The maximum Gasteiger partial charge on any atom is 0.236 e. The Balaban J connectivity index is 2.68. The van der Waals surface area contributed by atoms with Crippen LogP contribution in [-0.2, 0) is 4.79 Å². The van der Waals surface area contributed by atoms with Gasteiger partial charge in [-0.2, -0.15) is 0 Å². The zero-order valence-corrected chi connectivity index (χ0v) is 12.2. The van der Waals surface area contributed by atoms with Crippen LogP contribution in [0.3, 0.4) is 0 Å². The molecule has 2 atom stereocenters. The van der Waals surface area contributed by atoms with Crippen molar-refractivity contribution in [3.8, 4) is 5.75 Å². The second-order valence-corrected chi connectivity index (χ2v) is 4.52. The molecule has 0 saturated carbocycles. The lowest BCUT2D eigenvalue weighted by Crippen LogP contribution is -2.43. The molecule has 0 saturated heterocycles. The highest BCUT2D eigenvalue weighted by Gasteiger charge is 2.17. The van der Waals surface area contributed by atoms with Gasteiger partial charge in [0.1, 0.15) is 5.75 Å². The van der Waals surface area contributed by atoms with Gasteiger partial charge < -0.3 is 10.1 Å². The van der Waals surface area contributed by atoms with Crippen LogP contribution in [0.4, 0.5) is 0 Å². The first kappa shape index (κ1) is 15.5. The van der Waals surface area contributed by atoms with Gasteiger partial charge in [0.05, 0.1) is 13.2 Å². The molecule has 0 aliphatic carbocycles. The third-order valence-electron chi connectivity index (χ3n) is 3.12. The van der Waals surface area contributed by atoms with Crippen molar-refractivity contribution in [1.29, 1.82) is 0 Å². The number of amides is 1. The van der Waals surface area contributed by atoms with Crippen molar-refractivity contribution in [3.63, 3.8) is 0 Å². The smallest absolute Gasteiger partial charge is 0.236 e. The molecule has 1 rings (SSSR count). The van der Waals surface area contributed by atoms with Crippen molar-refractivity contribution in [2.24, 2.45) is 0 Å². The van der Waals surface area contributed by atoms with Crippen molar-refractivity contribution in [1.82, 2.24) is 10.6 Å². The fourth-order valence-electron chi connectivity index (χ4n) is 1.99. The first-order valence-corrected chi connectivity index (χ1v) is 6.80. The van der Waals surface area contributed by atoms with Crippen molar-refractivity contribution in [2.45, 2.75) is 39.3 Å². The summed E-state index contributed by atoms with van der Waals surface area (Å²) in [5, 5.41) is 6.18. The number of nitrogens with one attached hydrogen (secondary N) is 2. The Labute approximate surface area is 115 Å². The molecule has 1 aromatic rings. The Bertz CT molecular complexity index is 390. The Morgan fingerprint density at radius 3 is 2.37 bits per heavy atom. The number of methoxy groups -OCH3 is 1. The van der Waals surface area contributed by atoms with E-state index in [1.54, 1.807) is 7.11 Å². The van der Waals surface area contributed by atoms with Gasteiger partial charge in [0.2, 0.25) is 5.91 Å². The zero-order chi connectivity index (χ0) is 14.3. The molecular formula is C15H24N2O2. The molecule has 0 aliphatic rings. The number of carbonyl (C=O) groups is 1. The molecule has 0 radical (unpaired) electrons. The minimum Gasteiger partial charge on any atom is -0.497 e. The van der Waals surface area contributed by atoms with Gasteiger partial charge in [-0.25, -0.2) is 0 Å². The van der Waals surface area contributed by atoms with E-state index in [4.69, 9.17) is 4.74 Å². The Morgan fingerprint density at radius 2 is 1.89 bits per heavy atom. The summed E-state index contributed by atoms with van der Waals surface area (Å²) in [5.74, 6) is 0.879. The Kier molecular flexibility index (Phi) is 6.36. The second-order valence-electron chi connectivity index (χ2n) is 4.52. The van der Waals surface area contributed by atoms with E-state index in [2.05, 4.69) is 17.6 Å². The number of benzene rings is 1. The van der Waals surface area contributed by atoms with Gasteiger partial charge >= 0.3 is 0 Å². The number of hydrogen-bond donors (Lipinski definition) is 2. The number of carbonyl (C=O) groups excluding carboxylic acids is 1. The summed E-state index contributed by atoms with van der Waals surface area (Å²) in [4.78, 5) is 11.7. The second kappa shape index (κ2) is 7.79. The molecule has 1 amide bonds. The van der Waals surface area contributed by atoms with Crippen LogP contribution in [-0.4, -0.2) is 25.6 Å². The lowest BCUT2D eigenvalue weighted by molar-refractivity contribution is -0.122. The fourth-order valence-corrected chi connectivity index (χ4v) is 1.99. The maximum atomic E-state index is 11.7. The topological polar surface area (TPSA) is 50.4 Å². The summed E-state index contributed by atoms with van der Waals surface area (Å²) >= 11 is 0. The highest BCUT2D eigenvalue weighted by atomic mass is 16.5. The van der Waals surface area contributed by atoms with Crippen LogP contribution in [0.5, 0.6) is 5.75 Å². The van der Waals surface area contributed by atoms with Crippen molar-refractivity contribution < 1.29 is 9.53 Å². The molecule has 2 N–H and O–H groups in total. The van der Waals surface area contributed by atoms with Gasteiger partial charge in [-0.1, -0.05) is 19.1 Å². The standard InChI is InChI=1S/C15H24N2O2/c1-5-14(17-11(3)15(18)16-6-2)12-7-9-13(19-4)10-8-12/h7-11,14,17H,5-6H2,1-4H3,(H,16,18). The van der Waals surface area contributed by atoms with E-state index in [-0.39, 0.29) is 18.0 Å². The number of likely N-dealkylation sites (N-methyl/N-ethyl adjacent to an activating group) is 1. The average molecular weight is 264 g/mol. The van der Waals surface area contributed by atoms with Crippen LogP contribution in [0, 0.1) is 0 Å².